The van der Waals surface area contributed by atoms with Crippen LogP contribution in [0.25, 0.3) is 0 Å². The molecular weight excluding hydrogens is 312 g/mol. The number of nitrogens with zero attached hydrogens (tertiary/aromatic N) is 2. The van der Waals surface area contributed by atoms with Crippen LogP contribution in [-0.2, 0) is 9.05 Å². The molecule has 0 spiro atoms. The monoisotopic (exact) mass is 330 g/mol. The Morgan fingerprint density at radius 3 is 2.62 bits per heavy atom. The largest absolute Gasteiger partial charge is 0.339 e. The van der Waals surface area contributed by atoms with Crippen molar-refractivity contribution < 1.29 is 13.2 Å². The van der Waals surface area contributed by atoms with E-state index in [2.05, 4.69) is 6.92 Å². The third kappa shape index (κ3) is 2.97. The summed E-state index contributed by atoms with van der Waals surface area (Å²) in [6.45, 7) is 3.63. The highest BCUT2D eigenvalue weighted by Gasteiger charge is 2.33. The Labute approximate surface area is 129 Å². The van der Waals surface area contributed by atoms with Crippen LogP contribution in [0.5, 0.6) is 0 Å². The standard InChI is InChI=1S/C14H19ClN2O3S/c1-2-10-5-6-16(8-10)14(18)13-7-12(21(15,19)20)9-17(13)11-3-4-11/h7,9-11H,2-6,8H2,1H3. The molecule has 2 fully saturated rings. The molecule has 1 aliphatic heterocycles. The summed E-state index contributed by atoms with van der Waals surface area (Å²) in [6, 6.07) is 1.66. The number of rotatable bonds is 4. The average Bonchev–Trinajstić information content (AvgIpc) is 3.01. The van der Waals surface area contributed by atoms with Crippen molar-refractivity contribution in [3.63, 3.8) is 0 Å². The fourth-order valence-corrected chi connectivity index (χ4v) is 3.67. The summed E-state index contributed by atoms with van der Waals surface area (Å²) >= 11 is 0. The van der Waals surface area contributed by atoms with Gasteiger partial charge in [-0.3, -0.25) is 4.79 Å². The molecule has 0 N–H and O–H groups in total. The van der Waals surface area contributed by atoms with Crippen LogP contribution < -0.4 is 0 Å². The van der Waals surface area contributed by atoms with Gasteiger partial charge in [-0.25, -0.2) is 8.42 Å². The molecule has 2 aliphatic rings. The molecule has 0 radical (unpaired) electrons. The maximum absolute atomic E-state index is 12.7. The third-order valence-electron chi connectivity index (χ3n) is 4.41. The Kier molecular flexibility index (Phi) is 3.78. The zero-order chi connectivity index (χ0) is 15.2. The van der Waals surface area contributed by atoms with E-state index in [4.69, 9.17) is 10.7 Å². The first-order valence-corrected chi connectivity index (χ1v) is 9.67. The van der Waals surface area contributed by atoms with Gasteiger partial charge in [-0.15, -0.1) is 0 Å². The zero-order valence-electron chi connectivity index (χ0n) is 12.0. The van der Waals surface area contributed by atoms with E-state index in [-0.39, 0.29) is 16.8 Å². The van der Waals surface area contributed by atoms with Crippen molar-refractivity contribution in [3.05, 3.63) is 18.0 Å². The van der Waals surface area contributed by atoms with E-state index in [1.54, 1.807) is 4.57 Å². The van der Waals surface area contributed by atoms with Gasteiger partial charge in [-0.05, 0) is 31.2 Å². The van der Waals surface area contributed by atoms with Gasteiger partial charge in [-0.2, -0.15) is 0 Å². The average molecular weight is 331 g/mol. The SMILES string of the molecule is CCC1CCN(C(=O)c2cc(S(=O)(=O)Cl)cn2C2CC2)C1. The number of aromatic nitrogens is 1. The summed E-state index contributed by atoms with van der Waals surface area (Å²) in [7, 11) is 1.61. The molecule has 1 aromatic rings. The molecule has 1 atom stereocenters. The van der Waals surface area contributed by atoms with Crippen LogP contribution in [0.3, 0.4) is 0 Å². The molecule has 1 amide bonds. The van der Waals surface area contributed by atoms with E-state index in [1.807, 2.05) is 4.90 Å². The Morgan fingerprint density at radius 1 is 1.38 bits per heavy atom. The Balaban J connectivity index is 1.90. The highest BCUT2D eigenvalue weighted by atomic mass is 35.7. The van der Waals surface area contributed by atoms with E-state index in [9.17, 15) is 13.2 Å². The van der Waals surface area contributed by atoms with Crippen molar-refractivity contribution in [1.29, 1.82) is 0 Å². The molecule has 0 aromatic carbocycles. The lowest BCUT2D eigenvalue weighted by molar-refractivity contribution is 0.0776. The number of hydrogen-bond donors (Lipinski definition) is 0. The lowest BCUT2D eigenvalue weighted by Crippen LogP contribution is -2.30. The molecule has 1 aliphatic carbocycles. The molecule has 116 valence electrons. The molecule has 1 aromatic heterocycles. The van der Waals surface area contributed by atoms with Crippen molar-refractivity contribution in [1.82, 2.24) is 9.47 Å². The minimum absolute atomic E-state index is 0.0191. The zero-order valence-corrected chi connectivity index (χ0v) is 13.5. The second kappa shape index (κ2) is 5.32. The summed E-state index contributed by atoms with van der Waals surface area (Å²) in [5.41, 5.74) is 0.452. The van der Waals surface area contributed by atoms with Gasteiger partial charge in [0, 0.05) is 36.0 Å². The number of carbonyl (C=O) groups excluding carboxylic acids is 1. The highest BCUT2D eigenvalue weighted by Crippen LogP contribution is 2.38. The number of hydrogen-bond acceptors (Lipinski definition) is 3. The first kappa shape index (κ1) is 14.9. The van der Waals surface area contributed by atoms with Crippen molar-refractivity contribution in [2.45, 2.75) is 43.5 Å². The first-order valence-electron chi connectivity index (χ1n) is 7.36. The lowest BCUT2D eigenvalue weighted by atomic mass is 10.1. The van der Waals surface area contributed by atoms with Crippen molar-refractivity contribution in [3.8, 4) is 0 Å². The van der Waals surface area contributed by atoms with E-state index in [0.717, 1.165) is 38.8 Å². The minimum atomic E-state index is -3.80. The predicted octanol–water partition coefficient (Wildman–Crippen LogP) is 2.62. The summed E-state index contributed by atoms with van der Waals surface area (Å²) < 4.78 is 24.8. The van der Waals surface area contributed by atoms with E-state index in [1.165, 1.54) is 12.3 Å². The molecular formula is C14H19ClN2O3S. The Morgan fingerprint density at radius 2 is 2.10 bits per heavy atom. The number of carbonyl (C=O) groups is 1. The number of amides is 1. The van der Waals surface area contributed by atoms with Crippen LogP contribution in [0.4, 0.5) is 0 Å². The van der Waals surface area contributed by atoms with Crippen LogP contribution in [0.2, 0.25) is 0 Å². The molecule has 1 unspecified atom stereocenters. The molecule has 3 rings (SSSR count). The molecule has 21 heavy (non-hydrogen) atoms. The fraction of sp³-hybridized carbons (Fsp3) is 0.643. The topological polar surface area (TPSA) is 59.4 Å². The second-order valence-electron chi connectivity index (χ2n) is 5.95. The molecule has 1 saturated heterocycles. The van der Waals surface area contributed by atoms with Crippen LogP contribution in [-0.4, -0.2) is 36.9 Å². The Bertz CT molecular complexity index is 664. The third-order valence-corrected chi connectivity index (χ3v) is 5.74. The van der Waals surface area contributed by atoms with Crippen molar-refractivity contribution in [2.24, 2.45) is 5.92 Å². The van der Waals surface area contributed by atoms with E-state index < -0.39 is 9.05 Å². The lowest BCUT2D eigenvalue weighted by Gasteiger charge is -2.17. The minimum Gasteiger partial charge on any atom is -0.339 e. The van der Waals surface area contributed by atoms with Crippen molar-refractivity contribution >= 4 is 25.6 Å². The quantitative estimate of drug-likeness (QED) is 0.797. The van der Waals surface area contributed by atoms with Crippen LogP contribution >= 0.6 is 10.7 Å². The maximum Gasteiger partial charge on any atom is 0.270 e. The molecule has 7 heteroatoms. The maximum atomic E-state index is 12.7. The summed E-state index contributed by atoms with van der Waals surface area (Å²) in [5, 5.41) is 0. The molecule has 5 nitrogen and oxygen atoms in total. The van der Waals surface area contributed by atoms with Gasteiger partial charge in [0.15, 0.2) is 0 Å². The van der Waals surface area contributed by atoms with E-state index >= 15 is 0 Å². The summed E-state index contributed by atoms with van der Waals surface area (Å²) in [5.74, 6) is 0.471. The van der Waals surface area contributed by atoms with Crippen LogP contribution in [0.1, 0.15) is 49.1 Å². The summed E-state index contributed by atoms with van der Waals surface area (Å²) in [4.78, 5) is 14.5. The molecule has 0 bridgehead atoms. The fourth-order valence-electron chi connectivity index (χ4n) is 2.93. The second-order valence-corrected chi connectivity index (χ2v) is 8.52. The smallest absolute Gasteiger partial charge is 0.270 e. The van der Waals surface area contributed by atoms with Gasteiger partial charge >= 0.3 is 0 Å². The highest BCUT2D eigenvalue weighted by molar-refractivity contribution is 8.13. The molecule has 2 heterocycles. The predicted molar refractivity (Wildman–Crippen MR) is 80.0 cm³/mol. The van der Waals surface area contributed by atoms with Gasteiger partial charge in [0.05, 0.1) is 0 Å². The summed E-state index contributed by atoms with van der Waals surface area (Å²) in [6.07, 6.45) is 5.55. The Hall–Kier alpha value is -1.01. The molecule has 1 saturated carbocycles. The van der Waals surface area contributed by atoms with Gasteiger partial charge in [-0.1, -0.05) is 13.3 Å². The normalized spacial score (nSPS) is 22.8. The number of halogens is 1. The van der Waals surface area contributed by atoms with Crippen LogP contribution in [0.15, 0.2) is 17.2 Å². The van der Waals surface area contributed by atoms with Crippen LogP contribution in [0, 0.1) is 5.92 Å². The van der Waals surface area contributed by atoms with Gasteiger partial charge in [0.25, 0.3) is 15.0 Å². The van der Waals surface area contributed by atoms with Gasteiger partial charge in [0.2, 0.25) is 0 Å². The van der Waals surface area contributed by atoms with Gasteiger partial charge < -0.3 is 9.47 Å². The first-order chi connectivity index (χ1) is 9.90. The van der Waals surface area contributed by atoms with Crippen molar-refractivity contribution in [2.75, 3.05) is 13.1 Å². The number of likely N-dealkylation sites (tertiary alicyclic amines) is 1. The van der Waals surface area contributed by atoms with E-state index in [0.29, 0.717) is 11.6 Å². The van der Waals surface area contributed by atoms with Gasteiger partial charge in [0.1, 0.15) is 10.6 Å².